The van der Waals surface area contributed by atoms with Crippen molar-refractivity contribution in [2.45, 2.75) is 0 Å². The van der Waals surface area contributed by atoms with Crippen LogP contribution < -0.4 is 14.9 Å². The van der Waals surface area contributed by atoms with Crippen LogP contribution in [0.5, 0.6) is 11.5 Å². The van der Waals surface area contributed by atoms with Gasteiger partial charge in [-0.3, -0.25) is 14.9 Å². The summed E-state index contributed by atoms with van der Waals surface area (Å²) >= 11 is 7.30. The van der Waals surface area contributed by atoms with Gasteiger partial charge in [0.1, 0.15) is 0 Å². The van der Waals surface area contributed by atoms with Crippen LogP contribution in [-0.2, 0) is 4.79 Å². The standard InChI is InChI=1S/C19H14ClN3O7S/c1-29-14-5-10(4-13(20)18(14)30-9-17(24)25)8-21-22-19(26)16-7-11-6-12(23(27)28)2-3-15(11)31-16/h2-8H,9H2,1H3,(H,22,26)(H,24,25). The number of hydrazone groups is 1. The number of carbonyl (C=O) groups excluding carboxylic acids is 1. The molecule has 31 heavy (non-hydrogen) atoms. The number of fused-ring (bicyclic) bond motifs is 1. The highest BCUT2D eigenvalue weighted by Crippen LogP contribution is 2.36. The topological polar surface area (TPSA) is 140 Å². The Morgan fingerprint density at radius 2 is 2.10 bits per heavy atom. The lowest BCUT2D eigenvalue weighted by molar-refractivity contribution is -0.384. The van der Waals surface area contributed by atoms with Crippen molar-refractivity contribution in [2.24, 2.45) is 5.10 Å². The second-order valence-corrected chi connectivity index (χ2v) is 7.50. The van der Waals surface area contributed by atoms with Crippen LogP contribution >= 0.6 is 22.9 Å². The first-order valence-electron chi connectivity index (χ1n) is 8.52. The maximum atomic E-state index is 12.3. The third-order valence-electron chi connectivity index (χ3n) is 3.91. The molecule has 0 aliphatic heterocycles. The van der Waals surface area contributed by atoms with Crippen LogP contribution in [0.2, 0.25) is 5.02 Å². The fraction of sp³-hybridized carbons (Fsp3) is 0.105. The first-order valence-corrected chi connectivity index (χ1v) is 9.71. The number of ether oxygens (including phenoxy) is 2. The number of nitro groups is 1. The average Bonchev–Trinajstić information content (AvgIpc) is 3.15. The SMILES string of the molecule is COc1cc(C=NNC(=O)c2cc3cc([N+](=O)[O-])ccc3s2)cc(Cl)c1OCC(=O)O. The molecule has 1 aromatic heterocycles. The van der Waals surface area contributed by atoms with Crippen LogP contribution in [0.1, 0.15) is 15.2 Å². The van der Waals surface area contributed by atoms with E-state index >= 15 is 0 Å². The number of hydrogen-bond acceptors (Lipinski definition) is 8. The van der Waals surface area contributed by atoms with Gasteiger partial charge in [-0.25, -0.2) is 10.2 Å². The molecule has 0 aliphatic carbocycles. The summed E-state index contributed by atoms with van der Waals surface area (Å²) in [5, 5.41) is 24.2. The van der Waals surface area contributed by atoms with Crippen molar-refractivity contribution in [3.05, 3.63) is 62.0 Å². The molecule has 3 aromatic rings. The molecular formula is C19H14ClN3O7S. The summed E-state index contributed by atoms with van der Waals surface area (Å²) in [5.74, 6) is -1.37. The number of nitrogens with zero attached hydrogens (tertiary/aromatic N) is 2. The van der Waals surface area contributed by atoms with Gasteiger partial charge in [0.15, 0.2) is 18.1 Å². The summed E-state index contributed by atoms with van der Waals surface area (Å²) in [4.78, 5) is 33.7. The number of aliphatic carboxylic acids is 1. The highest BCUT2D eigenvalue weighted by molar-refractivity contribution is 7.20. The third-order valence-corrected chi connectivity index (χ3v) is 5.30. The minimum Gasteiger partial charge on any atom is -0.493 e. The maximum Gasteiger partial charge on any atom is 0.341 e. The second kappa shape index (κ2) is 9.41. The van der Waals surface area contributed by atoms with Crippen LogP contribution in [0.25, 0.3) is 10.1 Å². The number of halogens is 1. The van der Waals surface area contributed by atoms with Gasteiger partial charge in [-0.15, -0.1) is 11.3 Å². The minimum atomic E-state index is -1.16. The molecule has 0 bridgehead atoms. The normalized spacial score (nSPS) is 10.9. The lowest BCUT2D eigenvalue weighted by atomic mass is 10.2. The van der Waals surface area contributed by atoms with Gasteiger partial charge >= 0.3 is 5.97 Å². The molecule has 0 unspecified atom stereocenters. The van der Waals surface area contributed by atoms with E-state index in [1.54, 1.807) is 12.1 Å². The number of carboxylic acid groups (broad SMARTS) is 1. The lowest BCUT2D eigenvalue weighted by Gasteiger charge is -2.11. The van der Waals surface area contributed by atoms with Crippen molar-refractivity contribution in [3.63, 3.8) is 0 Å². The summed E-state index contributed by atoms with van der Waals surface area (Å²) in [6.45, 7) is -0.585. The zero-order valence-corrected chi connectivity index (χ0v) is 17.4. The molecule has 12 heteroatoms. The molecule has 1 amide bonds. The number of nitro benzene ring substituents is 1. The molecular weight excluding hydrogens is 450 g/mol. The summed E-state index contributed by atoms with van der Waals surface area (Å²) in [6.07, 6.45) is 1.32. The van der Waals surface area contributed by atoms with E-state index in [0.29, 0.717) is 15.8 Å². The Morgan fingerprint density at radius 3 is 2.77 bits per heavy atom. The van der Waals surface area contributed by atoms with E-state index in [-0.39, 0.29) is 22.2 Å². The fourth-order valence-electron chi connectivity index (χ4n) is 2.57. The summed E-state index contributed by atoms with van der Waals surface area (Å²) < 4.78 is 11.0. The zero-order valence-electron chi connectivity index (χ0n) is 15.8. The Bertz CT molecular complexity index is 1210. The quantitative estimate of drug-likeness (QED) is 0.295. The molecule has 0 fully saturated rings. The number of nitrogens with one attached hydrogen (secondary N) is 1. The molecule has 0 radical (unpaired) electrons. The maximum absolute atomic E-state index is 12.3. The molecule has 0 spiro atoms. The molecule has 0 saturated heterocycles. The van der Waals surface area contributed by atoms with E-state index in [1.807, 2.05) is 0 Å². The molecule has 160 valence electrons. The van der Waals surface area contributed by atoms with Crippen molar-refractivity contribution in [3.8, 4) is 11.5 Å². The van der Waals surface area contributed by atoms with E-state index in [2.05, 4.69) is 10.5 Å². The minimum absolute atomic E-state index is 0.0584. The number of non-ortho nitro benzene ring substituents is 1. The fourth-order valence-corrected chi connectivity index (χ4v) is 3.77. The van der Waals surface area contributed by atoms with E-state index in [0.717, 1.165) is 4.70 Å². The van der Waals surface area contributed by atoms with Gasteiger partial charge < -0.3 is 14.6 Å². The van der Waals surface area contributed by atoms with Gasteiger partial charge in [0.25, 0.3) is 11.6 Å². The number of benzene rings is 2. The molecule has 2 N–H and O–H groups in total. The summed E-state index contributed by atoms with van der Waals surface area (Å²) in [6, 6.07) is 8.88. The van der Waals surface area contributed by atoms with Crippen molar-refractivity contribution >= 4 is 56.8 Å². The van der Waals surface area contributed by atoms with E-state index < -0.39 is 23.4 Å². The monoisotopic (exact) mass is 463 g/mol. The molecule has 0 aliphatic rings. The van der Waals surface area contributed by atoms with Crippen LogP contribution in [0.4, 0.5) is 5.69 Å². The van der Waals surface area contributed by atoms with E-state index in [9.17, 15) is 19.7 Å². The molecule has 0 atom stereocenters. The number of methoxy groups -OCH3 is 1. The van der Waals surface area contributed by atoms with Crippen molar-refractivity contribution in [1.82, 2.24) is 5.43 Å². The number of rotatable bonds is 8. The Morgan fingerprint density at radius 1 is 1.32 bits per heavy atom. The van der Waals surface area contributed by atoms with Crippen molar-refractivity contribution in [1.29, 1.82) is 0 Å². The average molecular weight is 464 g/mol. The second-order valence-electron chi connectivity index (χ2n) is 6.01. The number of amides is 1. The molecule has 0 saturated carbocycles. The summed E-state index contributed by atoms with van der Waals surface area (Å²) in [5.41, 5.74) is 2.78. The largest absolute Gasteiger partial charge is 0.493 e. The van der Waals surface area contributed by atoms with Gasteiger partial charge in [-0.05, 0) is 29.8 Å². The number of carboxylic acids is 1. The van der Waals surface area contributed by atoms with E-state index in [1.165, 1.54) is 48.9 Å². The first-order chi connectivity index (χ1) is 14.8. The van der Waals surface area contributed by atoms with Crippen LogP contribution in [0.3, 0.4) is 0 Å². The highest BCUT2D eigenvalue weighted by Gasteiger charge is 2.14. The third kappa shape index (κ3) is 5.27. The lowest BCUT2D eigenvalue weighted by Crippen LogP contribution is -2.16. The van der Waals surface area contributed by atoms with Crippen LogP contribution in [0.15, 0.2) is 41.5 Å². The summed E-state index contributed by atoms with van der Waals surface area (Å²) in [7, 11) is 1.37. The van der Waals surface area contributed by atoms with Crippen LogP contribution in [0, 0.1) is 10.1 Å². The molecule has 10 nitrogen and oxygen atoms in total. The number of carbonyl (C=O) groups is 2. The molecule has 3 rings (SSSR count). The Balaban J connectivity index is 1.73. The van der Waals surface area contributed by atoms with Crippen LogP contribution in [-0.4, -0.2) is 41.8 Å². The van der Waals surface area contributed by atoms with Gasteiger partial charge in [0, 0.05) is 22.2 Å². The predicted octanol–water partition coefficient (Wildman–Crippen LogP) is 3.70. The number of hydrogen-bond donors (Lipinski definition) is 2. The van der Waals surface area contributed by atoms with Gasteiger partial charge in [0.2, 0.25) is 0 Å². The Kier molecular flexibility index (Phi) is 6.68. The smallest absolute Gasteiger partial charge is 0.341 e. The van der Waals surface area contributed by atoms with Gasteiger partial charge in [0.05, 0.1) is 28.1 Å². The van der Waals surface area contributed by atoms with E-state index in [4.69, 9.17) is 26.2 Å². The first kappa shape index (κ1) is 22.0. The molecule has 2 aromatic carbocycles. The van der Waals surface area contributed by atoms with Gasteiger partial charge in [-0.2, -0.15) is 5.10 Å². The van der Waals surface area contributed by atoms with Crippen molar-refractivity contribution < 1.29 is 29.1 Å². The predicted molar refractivity (Wildman–Crippen MR) is 115 cm³/mol. The highest BCUT2D eigenvalue weighted by atomic mass is 35.5. The Labute approximate surface area is 183 Å². The number of thiophene rings is 1. The zero-order chi connectivity index (χ0) is 22.5. The van der Waals surface area contributed by atoms with Crippen molar-refractivity contribution in [2.75, 3.05) is 13.7 Å². The Hall–Kier alpha value is -3.70. The van der Waals surface area contributed by atoms with Gasteiger partial charge in [-0.1, -0.05) is 11.6 Å². The molecule has 1 heterocycles.